The number of hydrogen-bond donors (Lipinski definition) is 2. The average Bonchev–Trinajstić information content (AvgIpc) is 2.31. The summed E-state index contributed by atoms with van der Waals surface area (Å²) >= 11 is 0. The van der Waals surface area contributed by atoms with Gasteiger partial charge in [-0.1, -0.05) is 26.0 Å². The van der Waals surface area contributed by atoms with Crippen molar-refractivity contribution >= 4 is 0 Å². The zero-order valence-corrected chi connectivity index (χ0v) is 11.0. The summed E-state index contributed by atoms with van der Waals surface area (Å²) in [6.07, 6.45) is 0.728. The van der Waals surface area contributed by atoms with E-state index in [2.05, 4.69) is 0 Å². The van der Waals surface area contributed by atoms with E-state index in [0.29, 0.717) is 17.7 Å². The number of halogens is 1. The van der Waals surface area contributed by atoms with Crippen molar-refractivity contribution in [3.63, 3.8) is 0 Å². The third-order valence-corrected chi connectivity index (χ3v) is 4.14. The lowest BCUT2D eigenvalue weighted by Crippen LogP contribution is -2.46. The summed E-state index contributed by atoms with van der Waals surface area (Å²) in [4.78, 5) is 0. The van der Waals surface area contributed by atoms with Crippen molar-refractivity contribution in [3.05, 3.63) is 35.1 Å². The molecular weight excluding hydrogens is 217 g/mol. The number of aryl methyl sites for hydroxylation is 1. The first-order valence-corrected chi connectivity index (χ1v) is 5.97. The molecule has 3 N–H and O–H groups in total. The standard InChI is InChI=1S/C14H22FNO/c1-5-13(3,9-16)14(4,17)11-7-6-10(2)12(15)8-11/h6-8,17H,5,9,16H2,1-4H3. The minimum absolute atomic E-state index is 0.293. The van der Waals surface area contributed by atoms with Crippen molar-refractivity contribution < 1.29 is 9.50 Å². The van der Waals surface area contributed by atoms with E-state index < -0.39 is 11.0 Å². The van der Waals surface area contributed by atoms with Crippen molar-refractivity contribution in [1.82, 2.24) is 0 Å². The molecule has 0 spiro atoms. The number of hydrogen-bond acceptors (Lipinski definition) is 2. The topological polar surface area (TPSA) is 46.2 Å². The first-order valence-electron chi connectivity index (χ1n) is 5.97. The van der Waals surface area contributed by atoms with E-state index in [4.69, 9.17) is 5.73 Å². The molecule has 1 aromatic carbocycles. The highest BCUT2D eigenvalue weighted by atomic mass is 19.1. The van der Waals surface area contributed by atoms with E-state index in [0.717, 1.165) is 6.42 Å². The maximum absolute atomic E-state index is 13.6. The Bertz CT molecular complexity index is 397. The third kappa shape index (κ3) is 2.35. The summed E-state index contributed by atoms with van der Waals surface area (Å²) in [5.74, 6) is -0.293. The number of nitrogens with two attached hydrogens (primary N) is 1. The maximum Gasteiger partial charge on any atom is 0.126 e. The van der Waals surface area contributed by atoms with E-state index in [1.54, 1.807) is 26.0 Å². The Hall–Kier alpha value is -0.930. The van der Waals surface area contributed by atoms with Gasteiger partial charge < -0.3 is 10.8 Å². The molecular formula is C14H22FNO. The predicted molar refractivity (Wildman–Crippen MR) is 68.2 cm³/mol. The Balaban J connectivity index is 3.24. The molecule has 0 amide bonds. The molecule has 2 unspecified atom stereocenters. The van der Waals surface area contributed by atoms with Gasteiger partial charge in [0.05, 0.1) is 5.60 Å². The molecule has 0 aliphatic rings. The molecule has 0 fully saturated rings. The first kappa shape index (κ1) is 14.1. The molecule has 0 radical (unpaired) electrons. The molecule has 1 rings (SSSR count). The Kier molecular flexibility index (Phi) is 3.95. The summed E-state index contributed by atoms with van der Waals surface area (Å²) in [5, 5.41) is 10.7. The largest absolute Gasteiger partial charge is 0.385 e. The highest BCUT2D eigenvalue weighted by Gasteiger charge is 2.42. The second-order valence-electron chi connectivity index (χ2n) is 5.15. The van der Waals surface area contributed by atoms with Crippen LogP contribution in [0, 0.1) is 18.2 Å². The highest BCUT2D eigenvalue weighted by molar-refractivity contribution is 5.29. The monoisotopic (exact) mass is 239 g/mol. The van der Waals surface area contributed by atoms with Gasteiger partial charge in [0.2, 0.25) is 0 Å². The molecule has 17 heavy (non-hydrogen) atoms. The number of aliphatic hydroxyl groups is 1. The quantitative estimate of drug-likeness (QED) is 0.848. The Morgan fingerprint density at radius 1 is 1.35 bits per heavy atom. The zero-order chi connectivity index (χ0) is 13.3. The molecule has 2 nitrogen and oxygen atoms in total. The van der Waals surface area contributed by atoms with Crippen LogP contribution in [0.4, 0.5) is 4.39 Å². The van der Waals surface area contributed by atoms with Gasteiger partial charge in [-0.15, -0.1) is 0 Å². The van der Waals surface area contributed by atoms with Crippen LogP contribution in [0.15, 0.2) is 18.2 Å². The second kappa shape index (κ2) is 4.75. The number of benzene rings is 1. The number of rotatable bonds is 4. The van der Waals surface area contributed by atoms with E-state index in [1.165, 1.54) is 6.07 Å². The SMILES string of the molecule is CCC(C)(CN)C(C)(O)c1ccc(C)c(F)c1. The van der Waals surface area contributed by atoms with Gasteiger partial charge in [0, 0.05) is 12.0 Å². The maximum atomic E-state index is 13.6. The predicted octanol–water partition coefficient (Wildman–Crippen LogP) is 2.72. The summed E-state index contributed by atoms with van der Waals surface area (Å²) in [7, 11) is 0. The van der Waals surface area contributed by atoms with Gasteiger partial charge in [0.25, 0.3) is 0 Å². The van der Waals surface area contributed by atoms with Crippen LogP contribution in [-0.4, -0.2) is 11.7 Å². The van der Waals surface area contributed by atoms with Crippen molar-refractivity contribution in [3.8, 4) is 0 Å². The van der Waals surface area contributed by atoms with Crippen LogP contribution in [0.2, 0.25) is 0 Å². The second-order valence-corrected chi connectivity index (χ2v) is 5.15. The molecule has 0 saturated carbocycles. The molecule has 0 heterocycles. The molecule has 3 heteroatoms. The van der Waals surface area contributed by atoms with Crippen LogP contribution >= 0.6 is 0 Å². The van der Waals surface area contributed by atoms with E-state index in [-0.39, 0.29) is 5.82 Å². The van der Waals surface area contributed by atoms with E-state index in [1.807, 2.05) is 13.8 Å². The lowest BCUT2D eigenvalue weighted by atomic mass is 9.69. The average molecular weight is 239 g/mol. The molecule has 0 aliphatic carbocycles. The van der Waals surface area contributed by atoms with Crippen LogP contribution in [0.25, 0.3) is 0 Å². The molecule has 0 saturated heterocycles. The zero-order valence-electron chi connectivity index (χ0n) is 11.0. The van der Waals surface area contributed by atoms with Crippen LogP contribution in [0.1, 0.15) is 38.3 Å². The lowest BCUT2D eigenvalue weighted by molar-refractivity contribution is -0.0648. The van der Waals surface area contributed by atoms with Gasteiger partial charge >= 0.3 is 0 Å². The molecule has 0 aliphatic heterocycles. The summed E-state index contributed by atoms with van der Waals surface area (Å²) in [6.45, 7) is 7.66. The molecule has 2 atom stereocenters. The lowest BCUT2D eigenvalue weighted by Gasteiger charge is -2.42. The minimum atomic E-state index is -1.13. The summed E-state index contributed by atoms with van der Waals surface area (Å²) in [5.41, 5.74) is 5.32. The molecule has 96 valence electrons. The van der Waals surface area contributed by atoms with Gasteiger partial charge in [0.1, 0.15) is 5.82 Å². The van der Waals surface area contributed by atoms with Gasteiger partial charge in [-0.05, 0) is 37.5 Å². The Morgan fingerprint density at radius 2 is 1.94 bits per heavy atom. The molecule has 1 aromatic rings. The van der Waals surface area contributed by atoms with Crippen molar-refractivity contribution in [1.29, 1.82) is 0 Å². The van der Waals surface area contributed by atoms with Crippen molar-refractivity contribution in [2.45, 2.75) is 39.7 Å². The van der Waals surface area contributed by atoms with E-state index in [9.17, 15) is 9.50 Å². The first-order chi connectivity index (χ1) is 7.78. The molecule has 0 aromatic heterocycles. The highest BCUT2D eigenvalue weighted by Crippen LogP contribution is 2.41. The van der Waals surface area contributed by atoms with Gasteiger partial charge in [0.15, 0.2) is 0 Å². The van der Waals surface area contributed by atoms with Crippen LogP contribution in [-0.2, 0) is 5.60 Å². The molecule has 0 bridgehead atoms. The van der Waals surface area contributed by atoms with Gasteiger partial charge in [-0.3, -0.25) is 0 Å². The van der Waals surface area contributed by atoms with Gasteiger partial charge in [-0.25, -0.2) is 4.39 Å². The fraction of sp³-hybridized carbons (Fsp3) is 0.571. The summed E-state index contributed by atoms with van der Waals surface area (Å²) in [6, 6.07) is 4.85. The Morgan fingerprint density at radius 3 is 2.35 bits per heavy atom. The van der Waals surface area contributed by atoms with Crippen LogP contribution in [0.3, 0.4) is 0 Å². The van der Waals surface area contributed by atoms with Crippen molar-refractivity contribution in [2.24, 2.45) is 11.1 Å². The van der Waals surface area contributed by atoms with E-state index >= 15 is 0 Å². The fourth-order valence-corrected chi connectivity index (χ4v) is 1.93. The minimum Gasteiger partial charge on any atom is -0.385 e. The van der Waals surface area contributed by atoms with Crippen LogP contribution < -0.4 is 5.73 Å². The van der Waals surface area contributed by atoms with Gasteiger partial charge in [-0.2, -0.15) is 0 Å². The van der Waals surface area contributed by atoms with Crippen molar-refractivity contribution in [2.75, 3.05) is 6.54 Å². The smallest absolute Gasteiger partial charge is 0.126 e. The summed E-state index contributed by atoms with van der Waals surface area (Å²) < 4.78 is 13.6. The Labute approximate surface area is 103 Å². The fourth-order valence-electron chi connectivity index (χ4n) is 1.93. The normalized spacial score (nSPS) is 18.5. The van der Waals surface area contributed by atoms with Crippen LogP contribution in [0.5, 0.6) is 0 Å². The third-order valence-electron chi connectivity index (χ3n) is 4.14.